The highest BCUT2D eigenvalue weighted by atomic mass is 16.1. The van der Waals surface area contributed by atoms with E-state index in [-0.39, 0.29) is 5.91 Å². The van der Waals surface area contributed by atoms with E-state index in [1.807, 2.05) is 25.1 Å². The zero-order valence-electron chi connectivity index (χ0n) is 16.2. The maximum absolute atomic E-state index is 12.6. The number of H-pyrrole nitrogens is 1. The molecule has 0 bridgehead atoms. The van der Waals surface area contributed by atoms with Gasteiger partial charge in [0.1, 0.15) is 5.82 Å². The van der Waals surface area contributed by atoms with Crippen LogP contribution in [0, 0.1) is 5.92 Å². The number of amides is 1. The van der Waals surface area contributed by atoms with Gasteiger partial charge in [-0.25, -0.2) is 4.98 Å². The zero-order chi connectivity index (χ0) is 19.1. The van der Waals surface area contributed by atoms with Gasteiger partial charge >= 0.3 is 0 Å². The Bertz CT molecular complexity index is 982. The molecule has 146 valence electrons. The third-order valence-corrected chi connectivity index (χ3v) is 5.71. The number of nitrogens with zero attached hydrogens (tertiary/aromatic N) is 4. The third-order valence-electron chi connectivity index (χ3n) is 5.71. The minimum Gasteiger partial charge on any atom is -0.351 e. The molecule has 1 fully saturated rings. The van der Waals surface area contributed by atoms with Crippen LogP contribution in [0.3, 0.4) is 0 Å². The summed E-state index contributed by atoms with van der Waals surface area (Å²) in [4.78, 5) is 23.1. The molecule has 2 N–H and O–H groups in total. The Balaban J connectivity index is 1.39. The molecule has 0 saturated heterocycles. The molecule has 7 heteroatoms. The Morgan fingerprint density at radius 2 is 2.18 bits per heavy atom. The van der Waals surface area contributed by atoms with E-state index in [1.54, 1.807) is 0 Å². The van der Waals surface area contributed by atoms with Crippen LogP contribution in [0.2, 0.25) is 0 Å². The number of benzene rings is 1. The molecule has 0 spiro atoms. The molecule has 1 aliphatic heterocycles. The second-order valence-corrected chi connectivity index (χ2v) is 7.92. The van der Waals surface area contributed by atoms with Crippen LogP contribution < -0.4 is 5.32 Å². The highest BCUT2D eigenvalue weighted by Gasteiger charge is 2.31. The second-order valence-electron chi connectivity index (χ2n) is 7.92. The van der Waals surface area contributed by atoms with Crippen molar-refractivity contribution in [3.8, 4) is 0 Å². The van der Waals surface area contributed by atoms with Gasteiger partial charge in [-0.05, 0) is 37.8 Å². The number of para-hydroxylation sites is 2. The molecule has 3 heterocycles. The standard InChI is InChI=1S/C21H26N6O/c1-2-22-21(28)20-15-12-26(10-9-18(15)27(25-20)11-14-7-8-14)13-19-23-16-5-3-4-6-17(16)24-19/h3-6,14H,2,7-13H2,1H3,(H,22,28)(H,23,24). The van der Waals surface area contributed by atoms with Crippen LogP contribution in [0.15, 0.2) is 24.3 Å². The maximum atomic E-state index is 12.6. The van der Waals surface area contributed by atoms with Crippen LogP contribution in [-0.2, 0) is 26.1 Å². The van der Waals surface area contributed by atoms with Crippen LogP contribution in [0.5, 0.6) is 0 Å². The number of aromatic amines is 1. The Morgan fingerprint density at radius 3 is 2.96 bits per heavy atom. The first-order chi connectivity index (χ1) is 13.7. The summed E-state index contributed by atoms with van der Waals surface area (Å²) in [5.41, 5.74) is 5.00. The van der Waals surface area contributed by atoms with Crippen LogP contribution in [-0.4, -0.2) is 43.6 Å². The SMILES string of the molecule is CCNC(=O)c1nn(CC2CC2)c2c1CN(Cc1nc3ccccc3[nH]1)CC2. The third kappa shape index (κ3) is 3.30. The van der Waals surface area contributed by atoms with Crippen LogP contribution >= 0.6 is 0 Å². The van der Waals surface area contributed by atoms with Crippen molar-refractivity contribution in [2.24, 2.45) is 5.92 Å². The van der Waals surface area contributed by atoms with Crippen molar-refractivity contribution >= 4 is 16.9 Å². The number of fused-ring (bicyclic) bond motifs is 2. The monoisotopic (exact) mass is 378 g/mol. The van der Waals surface area contributed by atoms with Crippen LogP contribution in [0.1, 0.15) is 47.3 Å². The number of hydrogen-bond donors (Lipinski definition) is 2. The predicted octanol–water partition coefficient (Wildman–Crippen LogP) is 2.48. The molecule has 5 rings (SSSR count). The molecular formula is C21H26N6O. The van der Waals surface area contributed by atoms with Gasteiger partial charge in [-0.2, -0.15) is 5.10 Å². The summed E-state index contributed by atoms with van der Waals surface area (Å²) >= 11 is 0. The van der Waals surface area contributed by atoms with Crippen molar-refractivity contribution in [1.29, 1.82) is 0 Å². The zero-order valence-corrected chi connectivity index (χ0v) is 16.2. The Morgan fingerprint density at radius 1 is 1.32 bits per heavy atom. The molecular weight excluding hydrogens is 352 g/mol. The summed E-state index contributed by atoms with van der Waals surface area (Å²) in [7, 11) is 0. The Hall–Kier alpha value is -2.67. The summed E-state index contributed by atoms with van der Waals surface area (Å²) in [6, 6.07) is 8.10. The fraction of sp³-hybridized carbons (Fsp3) is 0.476. The molecule has 1 aliphatic carbocycles. The van der Waals surface area contributed by atoms with E-state index in [9.17, 15) is 4.79 Å². The topological polar surface area (TPSA) is 78.8 Å². The average molecular weight is 378 g/mol. The molecule has 3 aromatic rings. The number of hydrogen-bond acceptors (Lipinski definition) is 4. The summed E-state index contributed by atoms with van der Waals surface area (Å²) in [5, 5.41) is 7.65. The van der Waals surface area contributed by atoms with Gasteiger partial charge in [-0.15, -0.1) is 0 Å². The van der Waals surface area contributed by atoms with Crippen molar-refractivity contribution in [3.05, 3.63) is 47.0 Å². The lowest BCUT2D eigenvalue weighted by Crippen LogP contribution is -2.32. The van der Waals surface area contributed by atoms with E-state index >= 15 is 0 Å². The number of carbonyl (C=O) groups is 1. The number of rotatable bonds is 6. The maximum Gasteiger partial charge on any atom is 0.272 e. The first-order valence-electron chi connectivity index (χ1n) is 10.2. The summed E-state index contributed by atoms with van der Waals surface area (Å²) < 4.78 is 2.11. The van der Waals surface area contributed by atoms with Gasteiger partial charge < -0.3 is 10.3 Å². The Labute approximate surface area is 164 Å². The molecule has 0 unspecified atom stereocenters. The quantitative estimate of drug-likeness (QED) is 0.691. The van der Waals surface area contributed by atoms with E-state index in [0.717, 1.165) is 60.9 Å². The molecule has 0 atom stereocenters. The fourth-order valence-electron chi connectivity index (χ4n) is 4.10. The van der Waals surface area contributed by atoms with Gasteiger partial charge in [0.2, 0.25) is 0 Å². The molecule has 2 aliphatic rings. The summed E-state index contributed by atoms with van der Waals surface area (Å²) in [6.07, 6.45) is 3.49. The smallest absolute Gasteiger partial charge is 0.272 e. The van der Waals surface area contributed by atoms with Gasteiger partial charge in [0.25, 0.3) is 5.91 Å². The van der Waals surface area contributed by atoms with E-state index in [2.05, 4.69) is 25.9 Å². The van der Waals surface area contributed by atoms with Gasteiger partial charge in [0, 0.05) is 43.9 Å². The highest BCUT2D eigenvalue weighted by molar-refractivity contribution is 5.94. The van der Waals surface area contributed by atoms with Crippen molar-refractivity contribution in [2.45, 2.75) is 45.8 Å². The fourth-order valence-corrected chi connectivity index (χ4v) is 4.10. The summed E-state index contributed by atoms with van der Waals surface area (Å²) in [5.74, 6) is 1.65. The molecule has 1 amide bonds. The molecule has 0 radical (unpaired) electrons. The number of carbonyl (C=O) groups excluding carboxylic acids is 1. The average Bonchev–Trinajstić information content (AvgIpc) is 3.30. The van der Waals surface area contributed by atoms with Gasteiger partial charge in [0.15, 0.2) is 5.69 Å². The van der Waals surface area contributed by atoms with Crippen molar-refractivity contribution < 1.29 is 4.79 Å². The van der Waals surface area contributed by atoms with E-state index < -0.39 is 0 Å². The number of nitrogens with one attached hydrogen (secondary N) is 2. The molecule has 28 heavy (non-hydrogen) atoms. The molecule has 1 aromatic carbocycles. The van der Waals surface area contributed by atoms with Crippen molar-refractivity contribution in [1.82, 2.24) is 30.0 Å². The number of imidazole rings is 1. The van der Waals surface area contributed by atoms with Crippen molar-refractivity contribution in [2.75, 3.05) is 13.1 Å². The normalized spacial score (nSPS) is 17.0. The predicted molar refractivity (Wildman–Crippen MR) is 107 cm³/mol. The lowest BCUT2D eigenvalue weighted by molar-refractivity contribution is 0.0947. The van der Waals surface area contributed by atoms with Gasteiger partial charge in [-0.3, -0.25) is 14.4 Å². The first kappa shape index (κ1) is 17.4. The minimum atomic E-state index is -0.0566. The van der Waals surface area contributed by atoms with Gasteiger partial charge in [-0.1, -0.05) is 12.1 Å². The van der Waals surface area contributed by atoms with E-state index in [4.69, 9.17) is 10.1 Å². The molecule has 7 nitrogen and oxygen atoms in total. The van der Waals surface area contributed by atoms with Crippen LogP contribution in [0.25, 0.3) is 11.0 Å². The molecule has 2 aromatic heterocycles. The lowest BCUT2D eigenvalue weighted by atomic mass is 10.0. The van der Waals surface area contributed by atoms with E-state index in [1.165, 1.54) is 18.5 Å². The van der Waals surface area contributed by atoms with Crippen LogP contribution in [0.4, 0.5) is 0 Å². The van der Waals surface area contributed by atoms with Gasteiger partial charge in [0.05, 0.1) is 17.6 Å². The minimum absolute atomic E-state index is 0.0566. The Kier molecular flexibility index (Phi) is 4.39. The summed E-state index contributed by atoms with van der Waals surface area (Å²) in [6.45, 7) is 5.95. The first-order valence-corrected chi connectivity index (χ1v) is 10.2. The van der Waals surface area contributed by atoms with Crippen molar-refractivity contribution in [3.63, 3.8) is 0 Å². The second kappa shape index (κ2) is 7.05. The highest BCUT2D eigenvalue weighted by Crippen LogP contribution is 2.32. The number of aromatic nitrogens is 4. The molecule has 1 saturated carbocycles. The largest absolute Gasteiger partial charge is 0.351 e. The lowest BCUT2D eigenvalue weighted by Gasteiger charge is -2.27. The van der Waals surface area contributed by atoms with E-state index in [0.29, 0.717) is 12.2 Å².